The Balaban J connectivity index is 2.93. The molecule has 1 unspecified atom stereocenters. The molecular weight excluding hydrogens is 222 g/mol. The van der Waals surface area contributed by atoms with Crippen LogP contribution >= 0.6 is 0 Å². The van der Waals surface area contributed by atoms with Crippen LogP contribution in [-0.2, 0) is 16.6 Å². The predicted octanol–water partition coefficient (Wildman–Crippen LogP) is 2.32. The minimum Gasteiger partial charge on any atom is -0.496 e. The zero-order valence-electron chi connectivity index (χ0n) is 10.2. The number of nitrogen functional groups attached to an aromatic ring is 1. The standard InChI is InChI=1S/C12H19NO2S/c1-12(2,3)16(14)8-9-5-6-10(13)7-11(9)15-4/h5-7H,8,13H2,1-4H3. The lowest BCUT2D eigenvalue weighted by molar-refractivity contribution is 0.411. The van der Waals surface area contributed by atoms with Crippen LogP contribution in [0.25, 0.3) is 0 Å². The summed E-state index contributed by atoms with van der Waals surface area (Å²) in [5.41, 5.74) is 7.25. The van der Waals surface area contributed by atoms with Crippen molar-refractivity contribution in [2.75, 3.05) is 12.8 Å². The summed E-state index contributed by atoms with van der Waals surface area (Å²) >= 11 is 0. The van der Waals surface area contributed by atoms with Gasteiger partial charge in [0, 0.05) is 32.9 Å². The summed E-state index contributed by atoms with van der Waals surface area (Å²) in [6.07, 6.45) is 0. The van der Waals surface area contributed by atoms with E-state index in [0.29, 0.717) is 17.2 Å². The molecule has 0 aliphatic heterocycles. The molecule has 1 atom stereocenters. The van der Waals surface area contributed by atoms with Crippen molar-refractivity contribution in [2.45, 2.75) is 31.3 Å². The van der Waals surface area contributed by atoms with E-state index in [4.69, 9.17) is 10.5 Å². The molecule has 0 saturated carbocycles. The lowest BCUT2D eigenvalue weighted by atomic mass is 10.2. The van der Waals surface area contributed by atoms with Gasteiger partial charge in [-0.3, -0.25) is 4.21 Å². The van der Waals surface area contributed by atoms with E-state index in [1.165, 1.54) is 0 Å². The molecule has 16 heavy (non-hydrogen) atoms. The van der Waals surface area contributed by atoms with Crippen molar-refractivity contribution in [3.8, 4) is 5.75 Å². The first-order chi connectivity index (χ1) is 7.34. The zero-order valence-corrected chi connectivity index (χ0v) is 11.1. The summed E-state index contributed by atoms with van der Waals surface area (Å²) in [4.78, 5) is 0. The van der Waals surface area contributed by atoms with Crippen LogP contribution in [0.1, 0.15) is 26.3 Å². The number of benzene rings is 1. The minimum atomic E-state index is -0.928. The lowest BCUT2D eigenvalue weighted by Crippen LogP contribution is -2.23. The Morgan fingerprint density at radius 2 is 2.00 bits per heavy atom. The molecule has 1 aromatic carbocycles. The maximum atomic E-state index is 12.0. The van der Waals surface area contributed by atoms with Crippen molar-refractivity contribution in [2.24, 2.45) is 0 Å². The van der Waals surface area contributed by atoms with E-state index in [1.54, 1.807) is 19.2 Å². The highest BCUT2D eigenvalue weighted by Crippen LogP contribution is 2.25. The summed E-state index contributed by atoms with van der Waals surface area (Å²) in [6.45, 7) is 5.90. The highest BCUT2D eigenvalue weighted by atomic mass is 32.2. The van der Waals surface area contributed by atoms with E-state index >= 15 is 0 Å². The van der Waals surface area contributed by atoms with Gasteiger partial charge in [0.25, 0.3) is 0 Å². The van der Waals surface area contributed by atoms with Crippen molar-refractivity contribution >= 4 is 16.5 Å². The smallest absolute Gasteiger partial charge is 0.125 e. The van der Waals surface area contributed by atoms with E-state index in [1.807, 2.05) is 26.8 Å². The van der Waals surface area contributed by atoms with E-state index in [-0.39, 0.29) is 4.75 Å². The molecule has 0 fully saturated rings. The highest BCUT2D eigenvalue weighted by molar-refractivity contribution is 7.85. The largest absolute Gasteiger partial charge is 0.496 e. The molecule has 0 radical (unpaired) electrons. The highest BCUT2D eigenvalue weighted by Gasteiger charge is 2.20. The molecule has 4 heteroatoms. The van der Waals surface area contributed by atoms with Crippen LogP contribution in [0, 0.1) is 0 Å². The van der Waals surface area contributed by atoms with Crippen molar-refractivity contribution in [1.82, 2.24) is 0 Å². The fourth-order valence-electron chi connectivity index (χ4n) is 1.24. The molecule has 0 aliphatic carbocycles. The summed E-state index contributed by atoms with van der Waals surface area (Å²) < 4.78 is 17.0. The number of nitrogens with two attached hydrogens (primary N) is 1. The van der Waals surface area contributed by atoms with Crippen LogP contribution in [0.5, 0.6) is 5.75 Å². The van der Waals surface area contributed by atoms with Crippen molar-refractivity contribution in [1.29, 1.82) is 0 Å². The van der Waals surface area contributed by atoms with E-state index in [9.17, 15) is 4.21 Å². The van der Waals surface area contributed by atoms with Crippen molar-refractivity contribution in [3.63, 3.8) is 0 Å². The van der Waals surface area contributed by atoms with Gasteiger partial charge in [-0.25, -0.2) is 0 Å². The summed E-state index contributed by atoms with van der Waals surface area (Å²) in [5.74, 6) is 1.20. The molecule has 0 spiro atoms. The van der Waals surface area contributed by atoms with Gasteiger partial charge in [-0.1, -0.05) is 6.07 Å². The lowest BCUT2D eigenvalue weighted by Gasteiger charge is -2.18. The number of hydrogen-bond donors (Lipinski definition) is 1. The summed E-state index contributed by atoms with van der Waals surface area (Å²) in [7, 11) is 0.668. The Labute approximate surface area is 99.4 Å². The summed E-state index contributed by atoms with van der Waals surface area (Å²) in [5, 5.41) is 0. The van der Waals surface area contributed by atoms with Gasteiger partial charge in [-0.05, 0) is 26.8 Å². The third kappa shape index (κ3) is 3.23. The van der Waals surface area contributed by atoms with Gasteiger partial charge in [0.1, 0.15) is 5.75 Å². The van der Waals surface area contributed by atoms with Gasteiger partial charge in [0.2, 0.25) is 0 Å². The fourth-order valence-corrected chi connectivity index (χ4v) is 2.19. The third-order valence-electron chi connectivity index (χ3n) is 2.28. The predicted molar refractivity (Wildman–Crippen MR) is 69.0 cm³/mol. The molecular formula is C12H19NO2S. The van der Waals surface area contributed by atoms with Gasteiger partial charge in [-0.2, -0.15) is 0 Å². The molecule has 0 heterocycles. The Hall–Kier alpha value is -1.03. The Morgan fingerprint density at radius 3 is 2.50 bits per heavy atom. The molecule has 1 rings (SSSR count). The van der Waals surface area contributed by atoms with Gasteiger partial charge in [-0.15, -0.1) is 0 Å². The van der Waals surface area contributed by atoms with Crippen molar-refractivity contribution < 1.29 is 8.95 Å². The first-order valence-electron chi connectivity index (χ1n) is 5.15. The minimum absolute atomic E-state index is 0.216. The molecule has 2 N–H and O–H groups in total. The number of methoxy groups -OCH3 is 1. The quantitative estimate of drug-likeness (QED) is 0.826. The maximum absolute atomic E-state index is 12.0. The second-order valence-corrected chi connectivity index (χ2v) is 6.88. The molecule has 0 saturated heterocycles. The van der Waals surface area contributed by atoms with Crippen LogP contribution in [0.3, 0.4) is 0 Å². The zero-order chi connectivity index (χ0) is 12.3. The van der Waals surface area contributed by atoms with Gasteiger partial charge in [0.05, 0.1) is 12.9 Å². The molecule has 3 nitrogen and oxygen atoms in total. The summed E-state index contributed by atoms with van der Waals surface area (Å²) in [6, 6.07) is 5.44. The van der Waals surface area contributed by atoms with E-state index < -0.39 is 10.8 Å². The maximum Gasteiger partial charge on any atom is 0.125 e. The van der Waals surface area contributed by atoms with Gasteiger partial charge < -0.3 is 10.5 Å². The Kier molecular flexibility index (Phi) is 3.97. The first-order valence-corrected chi connectivity index (χ1v) is 6.47. The Morgan fingerprint density at radius 1 is 1.38 bits per heavy atom. The van der Waals surface area contributed by atoms with Crippen molar-refractivity contribution in [3.05, 3.63) is 23.8 Å². The molecule has 0 aliphatic rings. The molecule has 90 valence electrons. The molecule has 0 aromatic heterocycles. The average Bonchev–Trinajstić information content (AvgIpc) is 2.19. The molecule has 1 aromatic rings. The third-order valence-corrected chi connectivity index (χ3v) is 4.22. The second kappa shape index (κ2) is 4.87. The number of rotatable bonds is 3. The average molecular weight is 241 g/mol. The van der Waals surface area contributed by atoms with Crippen LogP contribution in [-0.4, -0.2) is 16.1 Å². The van der Waals surface area contributed by atoms with Crippen LogP contribution in [0.2, 0.25) is 0 Å². The molecule has 0 bridgehead atoms. The van der Waals surface area contributed by atoms with Gasteiger partial charge in [0.15, 0.2) is 0 Å². The fraction of sp³-hybridized carbons (Fsp3) is 0.500. The van der Waals surface area contributed by atoms with E-state index in [2.05, 4.69) is 0 Å². The van der Waals surface area contributed by atoms with Crippen LogP contribution in [0.15, 0.2) is 18.2 Å². The normalized spacial score (nSPS) is 13.5. The van der Waals surface area contributed by atoms with Gasteiger partial charge >= 0.3 is 0 Å². The first kappa shape index (κ1) is 13.0. The monoisotopic (exact) mass is 241 g/mol. The van der Waals surface area contributed by atoms with E-state index in [0.717, 1.165) is 5.56 Å². The number of ether oxygens (including phenoxy) is 1. The topological polar surface area (TPSA) is 52.3 Å². The van der Waals surface area contributed by atoms with Crippen LogP contribution < -0.4 is 10.5 Å². The number of hydrogen-bond acceptors (Lipinski definition) is 3. The molecule has 0 amide bonds. The number of anilines is 1. The van der Waals surface area contributed by atoms with Crippen LogP contribution in [0.4, 0.5) is 5.69 Å². The SMILES string of the molecule is COc1cc(N)ccc1CS(=O)C(C)(C)C. The second-order valence-electron chi connectivity index (χ2n) is 4.67. The Bertz CT molecular complexity index is 396.